The van der Waals surface area contributed by atoms with E-state index in [1.807, 2.05) is 22.9 Å². The largest absolute Gasteiger partial charge is 0.390 e. The number of hydrogen-bond donors (Lipinski definition) is 3. The van der Waals surface area contributed by atoms with Crippen LogP contribution in [0.15, 0.2) is 28.9 Å². The van der Waals surface area contributed by atoms with E-state index in [0.29, 0.717) is 18.9 Å². The molecule has 1 aromatic carbocycles. The predicted molar refractivity (Wildman–Crippen MR) is 114 cm³/mol. The molecule has 27 heavy (non-hydrogen) atoms. The van der Waals surface area contributed by atoms with Gasteiger partial charge >= 0.3 is 0 Å². The van der Waals surface area contributed by atoms with Gasteiger partial charge in [0.2, 0.25) is 5.91 Å². The number of benzene rings is 1. The van der Waals surface area contributed by atoms with Crippen molar-refractivity contribution in [3.63, 3.8) is 0 Å². The van der Waals surface area contributed by atoms with Crippen LogP contribution in [-0.2, 0) is 11.3 Å². The smallest absolute Gasteiger partial charge is 0.217 e. The van der Waals surface area contributed by atoms with Crippen LogP contribution < -0.4 is 11.5 Å². The second kappa shape index (κ2) is 10.8. The summed E-state index contributed by atoms with van der Waals surface area (Å²) in [6, 6.07) is 6.08. The number of fused-ring (bicyclic) bond motifs is 1. The van der Waals surface area contributed by atoms with Gasteiger partial charge in [0, 0.05) is 41.1 Å². The van der Waals surface area contributed by atoms with E-state index < -0.39 is 6.10 Å². The second-order valence-electron chi connectivity index (χ2n) is 7.52. The van der Waals surface area contributed by atoms with Gasteiger partial charge in [-0.15, -0.1) is 0 Å². The fourth-order valence-corrected chi connectivity index (χ4v) is 4.48. The molecule has 1 aromatic heterocycles. The number of halogens is 1. The van der Waals surface area contributed by atoms with E-state index >= 15 is 0 Å². The maximum atomic E-state index is 10.6. The van der Waals surface area contributed by atoms with Crippen LogP contribution in [0.25, 0.3) is 10.9 Å². The number of hydrogen-bond acceptors (Lipinski definition) is 3. The Kier molecular flexibility index (Phi) is 8.80. The third-order valence-corrected chi connectivity index (χ3v) is 5.85. The van der Waals surface area contributed by atoms with Crippen LogP contribution in [0.1, 0.15) is 50.5 Å². The van der Waals surface area contributed by atoms with Crippen molar-refractivity contribution in [2.75, 3.05) is 6.54 Å². The Bertz CT molecular complexity index is 736. The molecule has 5 nitrogen and oxygen atoms in total. The van der Waals surface area contributed by atoms with Crippen LogP contribution in [-0.4, -0.2) is 28.2 Å². The fourth-order valence-electron chi connectivity index (χ4n) is 3.82. The average molecular weight is 438 g/mol. The zero-order valence-corrected chi connectivity index (χ0v) is 17.7. The zero-order chi connectivity index (χ0) is 19.8. The number of aliphatic hydroxyl groups excluding tert-OH is 1. The number of nitrogens with two attached hydrogens (primary N) is 2. The standard InChI is InChI=1S/C12H15BrN2O.C9H17NO/c1-8-6-15(7-9(16)5-14)11-4-2-3-10(13)12(8)11;10-9(11)7-8-5-3-1-2-4-6-8/h2-4,6,9,16H,5,7,14H2,1H3;8H,1-7H2,(H2,10,11). The van der Waals surface area contributed by atoms with E-state index in [-0.39, 0.29) is 12.5 Å². The molecule has 0 aliphatic heterocycles. The van der Waals surface area contributed by atoms with Gasteiger partial charge in [-0.1, -0.05) is 47.7 Å². The maximum Gasteiger partial charge on any atom is 0.217 e. The van der Waals surface area contributed by atoms with Gasteiger partial charge in [0.25, 0.3) is 0 Å². The number of nitrogens with zero attached hydrogens (tertiary/aromatic N) is 1. The van der Waals surface area contributed by atoms with E-state index in [1.165, 1.54) is 49.5 Å². The molecule has 1 aliphatic rings. The lowest BCUT2D eigenvalue weighted by atomic mass is 9.96. The summed E-state index contributed by atoms with van der Waals surface area (Å²) in [6.07, 6.45) is 9.86. The van der Waals surface area contributed by atoms with Gasteiger partial charge in [0.15, 0.2) is 0 Å². The summed E-state index contributed by atoms with van der Waals surface area (Å²) in [4.78, 5) is 10.6. The normalized spacial score (nSPS) is 16.4. The molecule has 1 unspecified atom stereocenters. The highest BCUT2D eigenvalue weighted by Crippen LogP contribution is 2.28. The molecule has 2 aromatic rings. The molecule has 0 bridgehead atoms. The number of amides is 1. The minimum atomic E-state index is -0.492. The van der Waals surface area contributed by atoms with Gasteiger partial charge in [-0.3, -0.25) is 4.79 Å². The topological polar surface area (TPSA) is 94.3 Å². The van der Waals surface area contributed by atoms with Crippen molar-refractivity contribution in [2.45, 2.75) is 64.5 Å². The van der Waals surface area contributed by atoms with E-state index in [2.05, 4.69) is 28.9 Å². The average Bonchev–Trinajstić information content (AvgIpc) is 2.79. The number of primary amides is 1. The lowest BCUT2D eigenvalue weighted by Crippen LogP contribution is -2.24. The molecule has 1 atom stereocenters. The minimum absolute atomic E-state index is 0.128. The SMILES string of the molecule is Cc1cn(CC(O)CN)c2cccc(Br)c12.NC(=O)CC1CCCCCC1. The Hall–Kier alpha value is -1.37. The molecule has 0 saturated heterocycles. The first kappa shape index (κ1) is 21.9. The third-order valence-electron chi connectivity index (χ3n) is 5.19. The number of rotatable bonds is 5. The zero-order valence-electron chi connectivity index (χ0n) is 16.2. The van der Waals surface area contributed by atoms with Crippen LogP contribution in [0.2, 0.25) is 0 Å². The Morgan fingerprint density at radius 3 is 2.56 bits per heavy atom. The summed E-state index contributed by atoms with van der Waals surface area (Å²) in [5, 5.41) is 10.8. The van der Waals surface area contributed by atoms with Gasteiger partial charge in [0.1, 0.15) is 0 Å². The molecule has 3 rings (SSSR count). The summed E-state index contributed by atoms with van der Waals surface area (Å²) >= 11 is 3.54. The predicted octanol–water partition coefficient (Wildman–Crippen LogP) is 3.86. The van der Waals surface area contributed by atoms with E-state index in [9.17, 15) is 9.90 Å². The Balaban J connectivity index is 0.000000208. The maximum absolute atomic E-state index is 10.6. The molecule has 1 fully saturated rings. The van der Waals surface area contributed by atoms with Crippen LogP contribution in [0.5, 0.6) is 0 Å². The molecule has 1 aliphatic carbocycles. The van der Waals surface area contributed by atoms with Crippen molar-refractivity contribution in [3.05, 3.63) is 34.4 Å². The fraction of sp³-hybridized carbons (Fsp3) is 0.571. The number of carbonyl (C=O) groups excluding carboxylic acids is 1. The first-order chi connectivity index (χ1) is 12.9. The molecule has 6 heteroatoms. The van der Waals surface area contributed by atoms with Gasteiger partial charge < -0.3 is 21.1 Å². The van der Waals surface area contributed by atoms with Crippen molar-refractivity contribution in [1.29, 1.82) is 0 Å². The summed E-state index contributed by atoms with van der Waals surface area (Å²) in [5.41, 5.74) is 12.9. The van der Waals surface area contributed by atoms with Crippen LogP contribution >= 0.6 is 15.9 Å². The van der Waals surface area contributed by atoms with Gasteiger partial charge in [-0.25, -0.2) is 0 Å². The van der Waals surface area contributed by atoms with Crippen LogP contribution in [0.4, 0.5) is 0 Å². The molecule has 0 radical (unpaired) electrons. The third kappa shape index (κ3) is 6.63. The molecule has 5 N–H and O–H groups in total. The summed E-state index contributed by atoms with van der Waals surface area (Å²) in [6.45, 7) is 2.89. The number of aryl methyl sites for hydroxylation is 1. The van der Waals surface area contributed by atoms with Crippen LogP contribution in [0.3, 0.4) is 0 Å². The van der Waals surface area contributed by atoms with Gasteiger partial charge in [0.05, 0.1) is 6.10 Å². The van der Waals surface area contributed by atoms with E-state index in [1.54, 1.807) is 0 Å². The highest BCUT2D eigenvalue weighted by molar-refractivity contribution is 9.10. The van der Waals surface area contributed by atoms with Crippen molar-refractivity contribution in [2.24, 2.45) is 17.4 Å². The lowest BCUT2D eigenvalue weighted by Gasteiger charge is -2.10. The molecule has 1 amide bonds. The first-order valence-corrected chi connectivity index (χ1v) is 10.6. The number of carbonyl (C=O) groups is 1. The first-order valence-electron chi connectivity index (χ1n) is 9.82. The van der Waals surface area contributed by atoms with Crippen molar-refractivity contribution in [1.82, 2.24) is 4.57 Å². The lowest BCUT2D eigenvalue weighted by molar-refractivity contribution is -0.119. The molecular formula is C21H32BrN3O2. The van der Waals surface area contributed by atoms with E-state index in [4.69, 9.17) is 11.5 Å². The summed E-state index contributed by atoms with van der Waals surface area (Å²) in [7, 11) is 0. The van der Waals surface area contributed by atoms with Crippen molar-refractivity contribution in [3.8, 4) is 0 Å². The minimum Gasteiger partial charge on any atom is -0.390 e. The van der Waals surface area contributed by atoms with E-state index in [0.717, 1.165) is 9.99 Å². The summed E-state index contributed by atoms with van der Waals surface area (Å²) in [5.74, 6) is 0.465. The quantitative estimate of drug-likeness (QED) is 0.619. The monoisotopic (exact) mass is 437 g/mol. The molecule has 150 valence electrons. The molecule has 1 saturated carbocycles. The molecule has 0 spiro atoms. The molecule has 1 heterocycles. The Morgan fingerprint density at radius 1 is 1.30 bits per heavy atom. The number of aliphatic hydroxyl groups is 1. The van der Waals surface area contributed by atoms with Crippen molar-refractivity contribution < 1.29 is 9.90 Å². The summed E-state index contributed by atoms with van der Waals surface area (Å²) < 4.78 is 3.14. The molecular weight excluding hydrogens is 406 g/mol. The Morgan fingerprint density at radius 2 is 1.96 bits per heavy atom. The van der Waals surface area contributed by atoms with Gasteiger partial charge in [-0.2, -0.15) is 0 Å². The van der Waals surface area contributed by atoms with Crippen LogP contribution in [0, 0.1) is 12.8 Å². The second-order valence-corrected chi connectivity index (χ2v) is 8.37. The number of aromatic nitrogens is 1. The highest BCUT2D eigenvalue weighted by atomic mass is 79.9. The van der Waals surface area contributed by atoms with Gasteiger partial charge in [-0.05, 0) is 43.4 Å². The van der Waals surface area contributed by atoms with Crippen molar-refractivity contribution >= 4 is 32.7 Å². The Labute approximate surface area is 170 Å². The highest BCUT2D eigenvalue weighted by Gasteiger charge is 2.14.